The summed E-state index contributed by atoms with van der Waals surface area (Å²) in [5.41, 5.74) is 1.35. The quantitative estimate of drug-likeness (QED) is 0.712. The Morgan fingerprint density at radius 2 is 1.95 bits per heavy atom. The number of H-pyrrole nitrogens is 2. The topological polar surface area (TPSA) is 117 Å². The average Bonchev–Trinajstić information content (AvgIpc) is 2.77. The molecule has 7 nitrogen and oxygen atoms in total. The summed E-state index contributed by atoms with van der Waals surface area (Å²) in [6, 6.07) is 6.76. The van der Waals surface area contributed by atoms with Gasteiger partial charge in [-0.15, -0.1) is 0 Å². The molecule has 0 radical (unpaired) electrons. The van der Waals surface area contributed by atoms with Crippen LogP contribution in [0.3, 0.4) is 0 Å². The molecular formula is C12H9N5O2. The zero-order chi connectivity index (χ0) is 13.8. The molecule has 0 saturated carbocycles. The molecule has 0 spiro atoms. The molecular weight excluding hydrogens is 246 g/mol. The van der Waals surface area contributed by atoms with E-state index in [0.717, 1.165) is 0 Å². The average molecular weight is 255 g/mol. The van der Waals surface area contributed by atoms with Gasteiger partial charge in [0.05, 0.1) is 23.8 Å². The molecule has 0 bridgehead atoms. The fourth-order valence-electron chi connectivity index (χ4n) is 1.58. The van der Waals surface area contributed by atoms with E-state index >= 15 is 0 Å². The molecule has 0 fully saturated rings. The van der Waals surface area contributed by atoms with Crippen LogP contribution in [-0.2, 0) is 0 Å². The number of hydrogen-bond acceptors (Lipinski definition) is 5. The van der Waals surface area contributed by atoms with Crippen molar-refractivity contribution in [2.24, 2.45) is 0 Å². The van der Waals surface area contributed by atoms with Crippen molar-refractivity contribution < 1.29 is 4.74 Å². The van der Waals surface area contributed by atoms with Gasteiger partial charge in [0.25, 0.3) is 0 Å². The zero-order valence-corrected chi connectivity index (χ0v) is 9.94. The van der Waals surface area contributed by atoms with E-state index in [9.17, 15) is 4.79 Å². The summed E-state index contributed by atoms with van der Waals surface area (Å²) in [6.45, 7) is 0. The maximum atomic E-state index is 11.2. The lowest BCUT2D eigenvalue weighted by Crippen LogP contribution is -1.99. The summed E-state index contributed by atoms with van der Waals surface area (Å²) in [7, 11) is 1.48. The molecule has 0 amide bonds. The van der Waals surface area contributed by atoms with Gasteiger partial charge in [-0.3, -0.25) is 0 Å². The summed E-state index contributed by atoms with van der Waals surface area (Å²) in [5, 5.41) is 20.1. The van der Waals surface area contributed by atoms with Crippen molar-refractivity contribution in [2.45, 2.75) is 0 Å². The van der Waals surface area contributed by atoms with E-state index in [4.69, 9.17) is 15.3 Å². The Labute approximate surface area is 107 Å². The van der Waals surface area contributed by atoms with E-state index in [1.807, 2.05) is 0 Å². The van der Waals surface area contributed by atoms with Gasteiger partial charge in [-0.25, -0.2) is 4.79 Å². The first kappa shape index (κ1) is 12.3. The van der Waals surface area contributed by atoms with Crippen LogP contribution in [0.1, 0.15) is 0 Å². The summed E-state index contributed by atoms with van der Waals surface area (Å²) < 4.78 is 5.17. The number of aromatic amines is 2. The minimum Gasteiger partial charge on any atom is -0.494 e. The Morgan fingerprint density at radius 3 is 2.53 bits per heavy atom. The lowest BCUT2D eigenvalue weighted by atomic mass is 10.2. The number of allylic oxidation sites excluding steroid dienone is 1. The fourth-order valence-corrected chi connectivity index (χ4v) is 1.58. The van der Waals surface area contributed by atoms with Gasteiger partial charge >= 0.3 is 5.69 Å². The van der Waals surface area contributed by atoms with E-state index < -0.39 is 0 Å². The van der Waals surface area contributed by atoms with E-state index in [0.29, 0.717) is 22.5 Å². The number of fused-ring (bicyclic) bond motifs is 1. The minimum atomic E-state index is -0.320. The Kier molecular flexibility index (Phi) is 3.22. The molecule has 3 N–H and O–H groups in total. The summed E-state index contributed by atoms with van der Waals surface area (Å²) in [5.74, 6) is 0.481. The van der Waals surface area contributed by atoms with Gasteiger partial charge < -0.3 is 20.0 Å². The molecule has 0 aliphatic heterocycles. The summed E-state index contributed by atoms with van der Waals surface area (Å²) in [6.07, 6.45) is 1.27. The standard InChI is InChI=1S/C12H9N5O2/c1-19-11-3-9-8(16-12(18)17-9)2-10(11)15-6-7(4-13)5-14/h2-3,6,15H,1H3,(H2,16,17,18). The number of ether oxygens (including phenoxy) is 1. The highest BCUT2D eigenvalue weighted by Crippen LogP contribution is 2.28. The number of anilines is 1. The first-order chi connectivity index (χ1) is 9.17. The van der Waals surface area contributed by atoms with Crippen molar-refractivity contribution in [1.82, 2.24) is 9.97 Å². The fraction of sp³-hybridized carbons (Fsp3) is 0.0833. The number of aromatic nitrogens is 2. The first-order valence-corrected chi connectivity index (χ1v) is 5.25. The Morgan fingerprint density at radius 1 is 1.32 bits per heavy atom. The van der Waals surface area contributed by atoms with Crippen LogP contribution < -0.4 is 15.7 Å². The van der Waals surface area contributed by atoms with Crippen LogP contribution in [0.25, 0.3) is 11.0 Å². The Balaban J connectivity index is 2.47. The SMILES string of the molecule is COc1cc2[nH]c(=O)[nH]c2cc1NC=C(C#N)C#N. The van der Waals surface area contributed by atoms with E-state index in [-0.39, 0.29) is 11.3 Å². The van der Waals surface area contributed by atoms with Crippen molar-refractivity contribution in [3.8, 4) is 17.9 Å². The summed E-state index contributed by atoms with van der Waals surface area (Å²) >= 11 is 0. The second kappa shape index (κ2) is 4.98. The molecule has 0 atom stereocenters. The predicted octanol–water partition coefficient (Wildman–Crippen LogP) is 1.21. The van der Waals surface area contributed by atoms with Crippen LogP contribution in [0.2, 0.25) is 0 Å². The van der Waals surface area contributed by atoms with Gasteiger partial charge in [0.1, 0.15) is 23.5 Å². The molecule has 0 unspecified atom stereocenters. The number of imidazole rings is 1. The largest absolute Gasteiger partial charge is 0.494 e. The predicted molar refractivity (Wildman–Crippen MR) is 68.4 cm³/mol. The molecule has 1 aromatic heterocycles. The maximum absolute atomic E-state index is 11.2. The molecule has 2 aromatic rings. The van der Waals surface area contributed by atoms with Gasteiger partial charge in [-0.1, -0.05) is 0 Å². The van der Waals surface area contributed by atoms with E-state index in [1.165, 1.54) is 13.3 Å². The number of rotatable bonds is 3. The number of nitrogens with zero attached hydrogens (tertiary/aromatic N) is 2. The summed E-state index contributed by atoms with van der Waals surface area (Å²) in [4.78, 5) is 16.4. The number of nitriles is 2. The lowest BCUT2D eigenvalue weighted by Gasteiger charge is -2.08. The zero-order valence-electron chi connectivity index (χ0n) is 9.94. The van der Waals surface area contributed by atoms with Gasteiger partial charge in [-0.05, 0) is 6.07 Å². The molecule has 94 valence electrons. The van der Waals surface area contributed by atoms with E-state index in [2.05, 4.69) is 15.3 Å². The van der Waals surface area contributed by atoms with Crippen molar-refractivity contribution in [3.05, 3.63) is 34.4 Å². The Bertz CT molecular complexity index is 769. The van der Waals surface area contributed by atoms with Crippen LogP contribution in [0.15, 0.2) is 28.7 Å². The normalized spacial score (nSPS) is 9.42. The van der Waals surface area contributed by atoms with Crippen LogP contribution >= 0.6 is 0 Å². The van der Waals surface area contributed by atoms with Gasteiger partial charge in [0, 0.05) is 12.3 Å². The number of benzene rings is 1. The third-order valence-electron chi connectivity index (χ3n) is 2.45. The highest BCUT2D eigenvalue weighted by molar-refractivity contribution is 5.83. The first-order valence-electron chi connectivity index (χ1n) is 5.25. The second-order valence-corrected chi connectivity index (χ2v) is 3.60. The number of methoxy groups -OCH3 is 1. The Hall–Kier alpha value is -3.19. The van der Waals surface area contributed by atoms with Crippen molar-refractivity contribution in [3.63, 3.8) is 0 Å². The molecule has 0 aliphatic carbocycles. The minimum absolute atomic E-state index is 0.0651. The lowest BCUT2D eigenvalue weighted by molar-refractivity contribution is 0.417. The van der Waals surface area contributed by atoms with Gasteiger partial charge in [0.15, 0.2) is 0 Å². The van der Waals surface area contributed by atoms with Crippen LogP contribution in [0.4, 0.5) is 5.69 Å². The maximum Gasteiger partial charge on any atom is 0.323 e. The molecule has 0 saturated heterocycles. The molecule has 2 rings (SSSR count). The number of hydrogen-bond donors (Lipinski definition) is 3. The molecule has 1 aromatic carbocycles. The van der Waals surface area contributed by atoms with Crippen LogP contribution in [0, 0.1) is 22.7 Å². The third kappa shape index (κ3) is 2.40. The van der Waals surface area contributed by atoms with Gasteiger partial charge in [-0.2, -0.15) is 10.5 Å². The highest BCUT2D eigenvalue weighted by atomic mass is 16.5. The molecule has 0 aliphatic rings. The monoisotopic (exact) mass is 255 g/mol. The highest BCUT2D eigenvalue weighted by Gasteiger charge is 2.07. The van der Waals surface area contributed by atoms with E-state index in [1.54, 1.807) is 24.3 Å². The smallest absolute Gasteiger partial charge is 0.323 e. The molecule has 19 heavy (non-hydrogen) atoms. The van der Waals surface area contributed by atoms with Crippen molar-refractivity contribution >= 4 is 16.7 Å². The van der Waals surface area contributed by atoms with Gasteiger partial charge in [0.2, 0.25) is 0 Å². The molecule has 7 heteroatoms. The number of nitrogens with one attached hydrogen (secondary N) is 3. The van der Waals surface area contributed by atoms with Crippen molar-refractivity contribution in [1.29, 1.82) is 10.5 Å². The third-order valence-corrected chi connectivity index (χ3v) is 2.45. The second-order valence-electron chi connectivity index (χ2n) is 3.60. The van der Waals surface area contributed by atoms with Crippen molar-refractivity contribution in [2.75, 3.05) is 12.4 Å². The van der Waals surface area contributed by atoms with Crippen LogP contribution in [-0.4, -0.2) is 17.1 Å². The van der Waals surface area contributed by atoms with Crippen LogP contribution in [0.5, 0.6) is 5.75 Å². The molecule has 1 heterocycles.